The highest BCUT2D eigenvalue weighted by Gasteiger charge is 2.23. The Balaban J connectivity index is 2.05. The van der Waals surface area contributed by atoms with Gasteiger partial charge in [0.2, 0.25) is 0 Å². The molecule has 0 saturated carbocycles. The van der Waals surface area contributed by atoms with Crippen molar-refractivity contribution in [1.29, 1.82) is 0 Å². The van der Waals surface area contributed by atoms with Crippen LogP contribution in [0.4, 0.5) is 17.1 Å². The van der Waals surface area contributed by atoms with Crippen molar-refractivity contribution in [2.75, 3.05) is 38.4 Å². The molecule has 0 aliphatic carbocycles. The van der Waals surface area contributed by atoms with Crippen LogP contribution in [0.5, 0.6) is 0 Å². The molecule has 2 aromatic carbocycles. The van der Waals surface area contributed by atoms with Gasteiger partial charge in [-0.15, -0.1) is 0 Å². The molecular weight excluding hydrogens is 308 g/mol. The molecule has 4 nitrogen and oxygen atoms in total. The molecule has 4 rings (SSSR count). The van der Waals surface area contributed by atoms with Gasteiger partial charge in [0.05, 0.1) is 21.0 Å². The monoisotopic (exact) mass is 333 g/mol. The van der Waals surface area contributed by atoms with Crippen LogP contribution in [0.25, 0.3) is 0 Å². The number of benzene rings is 2. The molecule has 1 N–H and O–H groups in total. The maximum atomic E-state index is 8.54. The number of halogens is 1. The zero-order chi connectivity index (χ0) is 22.0. The van der Waals surface area contributed by atoms with Crippen molar-refractivity contribution >= 4 is 34.5 Å². The van der Waals surface area contributed by atoms with Crippen LogP contribution in [-0.4, -0.2) is 48.8 Å². The van der Waals surface area contributed by atoms with Crippen molar-refractivity contribution in [2.24, 2.45) is 4.99 Å². The van der Waals surface area contributed by atoms with E-state index in [1.807, 2.05) is 0 Å². The quantitative estimate of drug-likeness (QED) is 0.797. The van der Waals surface area contributed by atoms with E-state index in [-0.39, 0.29) is 53.4 Å². The van der Waals surface area contributed by atoms with Gasteiger partial charge in [-0.1, -0.05) is 23.7 Å². The van der Waals surface area contributed by atoms with E-state index in [4.69, 9.17) is 21.2 Å². The van der Waals surface area contributed by atoms with Crippen LogP contribution in [0.3, 0.4) is 0 Å². The van der Waals surface area contributed by atoms with E-state index in [0.29, 0.717) is 11.3 Å². The summed E-state index contributed by atoms with van der Waals surface area (Å²) < 4.78 is 58.8. The van der Waals surface area contributed by atoms with Gasteiger partial charge < -0.3 is 15.1 Å². The largest absolute Gasteiger partial charge is 0.353 e. The third-order valence-electron chi connectivity index (χ3n) is 3.62. The van der Waals surface area contributed by atoms with E-state index < -0.39 is 13.0 Å². The highest BCUT2D eigenvalue weighted by molar-refractivity contribution is 6.31. The standard InChI is InChI=1S/C18H19ClN4/c1-22-8-10-23(11-9-22)18-14-4-2-3-5-15(14)20-16-7-6-13(19)12-17(16)21-18/h2-7,12,20H,8-11H2,1H3/i6D,7D,10D2,11D2,12D. The lowest BCUT2D eigenvalue weighted by molar-refractivity contribution is 0.216. The van der Waals surface area contributed by atoms with Gasteiger partial charge in [-0.25, -0.2) is 4.99 Å². The van der Waals surface area contributed by atoms with Gasteiger partial charge in [-0.3, -0.25) is 0 Å². The topological polar surface area (TPSA) is 30.9 Å². The molecule has 1 fully saturated rings. The Kier molecular flexibility index (Phi) is 2.22. The molecule has 118 valence electrons. The summed E-state index contributed by atoms with van der Waals surface area (Å²) in [6.45, 7) is -4.29. The normalized spacial score (nSPS) is 26.4. The van der Waals surface area contributed by atoms with Crippen LogP contribution in [0.1, 0.15) is 15.2 Å². The minimum absolute atomic E-state index is 0.00153. The number of amidine groups is 1. The third-order valence-corrected chi connectivity index (χ3v) is 3.81. The van der Waals surface area contributed by atoms with E-state index in [2.05, 4.69) is 10.3 Å². The molecule has 1 saturated heterocycles. The second kappa shape index (κ2) is 5.87. The minimum Gasteiger partial charge on any atom is -0.353 e. The molecule has 23 heavy (non-hydrogen) atoms. The van der Waals surface area contributed by atoms with Crippen molar-refractivity contribution in [3.8, 4) is 0 Å². The Morgan fingerprint density at radius 3 is 2.83 bits per heavy atom. The fourth-order valence-electron chi connectivity index (χ4n) is 2.45. The molecular formula is C18H19ClN4. The van der Waals surface area contributed by atoms with Gasteiger partial charge in [0.25, 0.3) is 0 Å². The fourth-order valence-corrected chi connectivity index (χ4v) is 2.59. The van der Waals surface area contributed by atoms with Gasteiger partial charge >= 0.3 is 0 Å². The first-order chi connectivity index (χ1) is 13.9. The molecule has 2 aliphatic heterocycles. The highest BCUT2D eigenvalue weighted by atomic mass is 35.5. The molecule has 2 aliphatic rings. The number of hydrogen-bond acceptors (Lipinski definition) is 4. The molecule has 2 heterocycles. The Morgan fingerprint density at radius 2 is 2.00 bits per heavy atom. The lowest BCUT2D eigenvalue weighted by Gasteiger charge is -2.34. The summed E-state index contributed by atoms with van der Waals surface area (Å²) >= 11 is 6.09. The predicted molar refractivity (Wildman–Crippen MR) is 96.4 cm³/mol. The third kappa shape index (κ3) is 2.80. The average molecular weight is 334 g/mol. The first-order valence-electron chi connectivity index (χ1n) is 10.7. The highest BCUT2D eigenvalue weighted by Crippen LogP contribution is 2.36. The second-order valence-corrected chi connectivity index (χ2v) is 5.72. The predicted octanol–water partition coefficient (Wildman–Crippen LogP) is 3.72. The van der Waals surface area contributed by atoms with Crippen molar-refractivity contribution in [3.63, 3.8) is 0 Å². The Labute approximate surface area is 151 Å². The molecule has 0 atom stereocenters. The molecule has 0 amide bonds. The van der Waals surface area contributed by atoms with E-state index in [1.54, 1.807) is 36.2 Å². The van der Waals surface area contributed by atoms with Crippen molar-refractivity contribution in [2.45, 2.75) is 0 Å². The number of anilines is 2. The van der Waals surface area contributed by atoms with Gasteiger partial charge in [0.15, 0.2) is 0 Å². The summed E-state index contributed by atoms with van der Waals surface area (Å²) in [5, 5.41) is 2.79. The summed E-state index contributed by atoms with van der Waals surface area (Å²) in [4.78, 5) is 7.07. The smallest absolute Gasteiger partial charge is 0.138 e. The Bertz CT molecular complexity index is 1050. The zero-order valence-electron chi connectivity index (χ0n) is 19.4. The molecule has 0 radical (unpaired) electrons. The van der Waals surface area contributed by atoms with E-state index in [0.717, 1.165) is 4.90 Å². The molecule has 0 bridgehead atoms. The number of hydrogen-bond donors (Lipinski definition) is 1. The molecule has 5 heteroatoms. The van der Waals surface area contributed by atoms with Gasteiger partial charge in [0, 0.05) is 42.4 Å². The number of nitrogens with one attached hydrogen (secondary N) is 1. The molecule has 2 aromatic rings. The summed E-state index contributed by atoms with van der Waals surface area (Å²) in [6.07, 6.45) is 0. The number of likely N-dealkylation sites (N-methyl/N-ethyl adjacent to an activating group) is 1. The fraction of sp³-hybridized carbons (Fsp3) is 0.278. The maximum Gasteiger partial charge on any atom is 0.138 e. The van der Waals surface area contributed by atoms with Gasteiger partial charge in [-0.2, -0.15) is 0 Å². The summed E-state index contributed by atoms with van der Waals surface area (Å²) in [6, 6.07) is 6.01. The lowest BCUT2D eigenvalue weighted by Crippen LogP contribution is -2.47. The van der Waals surface area contributed by atoms with E-state index in [9.17, 15) is 0 Å². The molecule has 0 aromatic heterocycles. The van der Waals surface area contributed by atoms with Gasteiger partial charge in [-0.05, 0) is 37.3 Å². The van der Waals surface area contributed by atoms with Crippen LogP contribution >= 0.6 is 11.6 Å². The van der Waals surface area contributed by atoms with Crippen LogP contribution in [0, 0.1) is 0 Å². The maximum absolute atomic E-state index is 8.54. The summed E-state index contributed by atoms with van der Waals surface area (Å²) in [5.74, 6) is 0.00153. The van der Waals surface area contributed by atoms with Crippen LogP contribution < -0.4 is 5.32 Å². The number of fused-ring (bicyclic) bond motifs is 2. The van der Waals surface area contributed by atoms with Crippen molar-refractivity contribution < 1.29 is 9.60 Å². The van der Waals surface area contributed by atoms with E-state index >= 15 is 0 Å². The SMILES string of the molecule is [2H]c1c([2H])c2c(c([2H])c1Cl)N=C(N1C([2H])([2H])CN(C)CC1([2H])[2H])c1ccccc1N2. The second-order valence-electron chi connectivity index (χ2n) is 5.34. The number of aliphatic imine (C=N–C) groups is 1. The Morgan fingerprint density at radius 1 is 1.22 bits per heavy atom. The molecule has 0 spiro atoms. The Hall–Kier alpha value is -2.04. The van der Waals surface area contributed by atoms with E-state index in [1.165, 1.54) is 0 Å². The number of para-hydroxylation sites is 1. The summed E-state index contributed by atoms with van der Waals surface area (Å²) in [5.41, 5.74) is 0.965. The first-order valence-corrected chi connectivity index (χ1v) is 7.55. The average Bonchev–Trinajstić information content (AvgIpc) is 2.80. The van der Waals surface area contributed by atoms with Crippen LogP contribution in [0.2, 0.25) is 5.02 Å². The van der Waals surface area contributed by atoms with Crippen LogP contribution in [-0.2, 0) is 0 Å². The van der Waals surface area contributed by atoms with Crippen molar-refractivity contribution in [3.05, 3.63) is 53.0 Å². The number of nitrogens with zero attached hydrogens (tertiary/aromatic N) is 3. The summed E-state index contributed by atoms with van der Waals surface area (Å²) in [7, 11) is 1.65. The zero-order valence-corrected chi connectivity index (χ0v) is 13.2. The van der Waals surface area contributed by atoms with Crippen LogP contribution in [0.15, 0.2) is 47.4 Å². The lowest BCUT2D eigenvalue weighted by atomic mass is 10.1. The van der Waals surface area contributed by atoms with Crippen molar-refractivity contribution in [1.82, 2.24) is 9.80 Å². The molecule has 0 unspecified atom stereocenters. The van der Waals surface area contributed by atoms with Gasteiger partial charge in [0.1, 0.15) is 5.84 Å². The first kappa shape index (κ1) is 8.71. The number of rotatable bonds is 0. The number of piperazine rings is 1. The minimum atomic E-state index is -2.10.